The fourth-order valence-corrected chi connectivity index (χ4v) is 3.25. The Bertz CT molecular complexity index is 923. The number of nitrogens with zero attached hydrogens (tertiary/aromatic N) is 1. The first-order chi connectivity index (χ1) is 13.8. The number of hydrogen-bond donors (Lipinski definition) is 1. The Morgan fingerprint density at radius 2 is 1.69 bits per heavy atom. The summed E-state index contributed by atoms with van der Waals surface area (Å²) in [5.74, 6) is -2.68. The number of ether oxygens (including phenoxy) is 1. The van der Waals surface area contributed by atoms with Crippen molar-refractivity contribution in [2.75, 3.05) is 19.7 Å². The summed E-state index contributed by atoms with van der Waals surface area (Å²) in [6.07, 6.45) is 0.738. The first-order valence-corrected chi connectivity index (χ1v) is 9.15. The number of carbonyl (C=O) groups excluding carboxylic acids is 3. The Morgan fingerprint density at radius 3 is 2.31 bits per heavy atom. The van der Waals surface area contributed by atoms with Crippen LogP contribution in [0.4, 0.5) is 8.78 Å². The van der Waals surface area contributed by atoms with Gasteiger partial charge in [0, 0.05) is 24.6 Å². The fraction of sp³-hybridized carbons (Fsp3) is 0.286. The van der Waals surface area contributed by atoms with Crippen molar-refractivity contribution >= 4 is 17.6 Å². The molecule has 0 spiro atoms. The van der Waals surface area contributed by atoms with Gasteiger partial charge in [0.15, 0.2) is 12.4 Å². The van der Waals surface area contributed by atoms with Gasteiger partial charge in [0.2, 0.25) is 5.91 Å². The Kier molecular flexibility index (Phi) is 6.21. The average Bonchev–Trinajstić information content (AvgIpc) is 2.73. The quantitative estimate of drug-likeness (QED) is 0.752. The van der Waals surface area contributed by atoms with Crippen LogP contribution < -0.4 is 10.5 Å². The maximum Gasteiger partial charge on any atom is 0.260 e. The molecule has 2 N–H and O–H groups in total. The molecule has 1 aliphatic rings. The van der Waals surface area contributed by atoms with Crippen molar-refractivity contribution in [1.82, 2.24) is 4.90 Å². The number of ketones is 1. The second kappa shape index (κ2) is 8.81. The second-order valence-electron chi connectivity index (χ2n) is 6.82. The van der Waals surface area contributed by atoms with Gasteiger partial charge in [-0.25, -0.2) is 8.78 Å². The third-order valence-corrected chi connectivity index (χ3v) is 4.91. The molecular formula is C21H20F2N2O4. The standard InChI is InChI=1S/C21H20F2N2O4/c22-15-3-6-18(23)17(11-15)20(27)13-7-9-25(10-8-13)19(26)12-29-16-4-1-14(2-5-16)21(24)28/h1-6,11,13H,7-10,12H2,(H2,24,28). The van der Waals surface area contributed by atoms with Gasteiger partial charge in [0.25, 0.3) is 5.91 Å². The van der Waals surface area contributed by atoms with Gasteiger partial charge in [-0.15, -0.1) is 0 Å². The molecule has 2 aromatic rings. The number of Topliss-reactive ketones (excluding diaryl/α,β-unsaturated/α-hetero) is 1. The van der Waals surface area contributed by atoms with Crippen LogP contribution in [0.2, 0.25) is 0 Å². The molecular weight excluding hydrogens is 382 g/mol. The van der Waals surface area contributed by atoms with Gasteiger partial charge in [-0.05, 0) is 55.3 Å². The fourth-order valence-electron chi connectivity index (χ4n) is 3.25. The predicted molar refractivity (Wildman–Crippen MR) is 100 cm³/mol. The van der Waals surface area contributed by atoms with E-state index in [1.54, 1.807) is 17.0 Å². The highest BCUT2D eigenvalue weighted by Gasteiger charge is 2.29. The molecule has 0 radical (unpaired) electrons. The third-order valence-electron chi connectivity index (χ3n) is 4.91. The van der Waals surface area contributed by atoms with Crippen molar-refractivity contribution in [3.8, 4) is 5.75 Å². The lowest BCUT2D eigenvalue weighted by atomic mass is 9.88. The molecule has 1 heterocycles. The molecule has 0 aromatic heterocycles. The van der Waals surface area contributed by atoms with Crippen molar-refractivity contribution in [2.45, 2.75) is 12.8 Å². The molecule has 2 amide bonds. The molecule has 2 aromatic carbocycles. The maximum absolute atomic E-state index is 13.8. The number of piperidine rings is 1. The van der Waals surface area contributed by atoms with Crippen molar-refractivity contribution in [3.63, 3.8) is 0 Å². The summed E-state index contributed by atoms with van der Waals surface area (Å²) in [7, 11) is 0. The lowest BCUT2D eigenvalue weighted by molar-refractivity contribution is -0.134. The molecule has 8 heteroatoms. The molecule has 29 heavy (non-hydrogen) atoms. The van der Waals surface area contributed by atoms with Crippen LogP contribution in [0.3, 0.4) is 0 Å². The Labute approximate surface area is 166 Å². The smallest absolute Gasteiger partial charge is 0.260 e. The molecule has 0 unspecified atom stereocenters. The number of primary amides is 1. The van der Waals surface area contributed by atoms with Gasteiger partial charge >= 0.3 is 0 Å². The van der Waals surface area contributed by atoms with E-state index >= 15 is 0 Å². The lowest BCUT2D eigenvalue weighted by Gasteiger charge is -2.31. The molecule has 0 atom stereocenters. The van der Waals surface area contributed by atoms with Crippen LogP contribution >= 0.6 is 0 Å². The van der Waals surface area contributed by atoms with Crippen LogP contribution in [-0.2, 0) is 4.79 Å². The zero-order valence-electron chi connectivity index (χ0n) is 15.6. The van der Waals surface area contributed by atoms with Crippen LogP contribution in [0, 0.1) is 17.6 Å². The minimum Gasteiger partial charge on any atom is -0.484 e. The van der Waals surface area contributed by atoms with Crippen molar-refractivity contribution in [3.05, 3.63) is 65.2 Å². The topological polar surface area (TPSA) is 89.7 Å². The number of amides is 2. The molecule has 152 valence electrons. The van der Waals surface area contributed by atoms with Crippen LogP contribution in [0.1, 0.15) is 33.6 Å². The third kappa shape index (κ3) is 4.96. The van der Waals surface area contributed by atoms with Gasteiger partial charge < -0.3 is 15.4 Å². The van der Waals surface area contributed by atoms with Gasteiger partial charge in [0.05, 0.1) is 5.56 Å². The monoisotopic (exact) mass is 402 g/mol. The van der Waals surface area contributed by atoms with Gasteiger partial charge in [-0.3, -0.25) is 14.4 Å². The molecule has 1 fully saturated rings. The predicted octanol–water partition coefficient (Wildman–Crippen LogP) is 2.56. The van der Waals surface area contributed by atoms with E-state index in [0.717, 1.165) is 18.2 Å². The molecule has 0 saturated carbocycles. The maximum atomic E-state index is 13.8. The summed E-state index contributed by atoms with van der Waals surface area (Å²) in [4.78, 5) is 37.4. The van der Waals surface area contributed by atoms with E-state index in [4.69, 9.17) is 10.5 Å². The Morgan fingerprint density at radius 1 is 1.03 bits per heavy atom. The number of halogens is 2. The molecule has 3 rings (SSSR count). The highest BCUT2D eigenvalue weighted by atomic mass is 19.1. The zero-order valence-corrected chi connectivity index (χ0v) is 15.6. The molecule has 0 aliphatic carbocycles. The Hall–Kier alpha value is -3.29. The van der Waals surface area contributed by atoms with Gasteiger partial charge in [-0.1, -0.05) is 0 Å². The van der Waals surface area contributed by atoms with Crippen molar-refractivity contribution in [2.24, 2.45) is 11.7 Å². The van der Waals surface area contributed by atoms with Crippen LogP contribution in [0.25, 0.3) is 0 Å². The van der Waals surface area contributed by atoms with Crippen LogP contribution in [-0.4, -0.2) is 42.2 Å². The summed E-state index contributed by atoms with van der Waals surface area (Å²) >= 11 is 0. The molecule has 1 saturated heterocycles. The number of nitrogens with two attached hydrogens (primary N) is 1. The SMILES string of the molecule is NC(=O)c1ccc(OCC(=O)N2CCC(C(=O)c3cc(F)ccc3F)CC2)cc1. The zero-order chi connectivity index (χ0) is 21.0. The van der Waals surface area contributed by atoms with Crippen molar-refractivity contribution in [1.29, 1.82) is 0 Å². The van der Waals surface area contributed by atoms with E-state index in [-0.39, 0.29) is 18.1 Å². The van der Waals surface area contributed by atoms with E-state index in [0.29, 0.717) is 37.2 Å². The number of benzene rings is 2. The summed E-state index contributed by atoms with van der Waals surface area (Å²) in [5.41, 5.74) is 5.25. The first-order valence-electron chi connectivity index (χ1n) is 9.15. The van der Waals surface area contributed by atoms with Crippen LogP contribution in [0.5, 0.6) is 5.75 Å². The van der Waals surface area contributed by atoms with E-state index in [2.05, 4.69) is 0 Å². The van der Waals surface area contributed by atoms with Gasteiger partial charge in [-0.2, -0.15) is 0 Å². The van der Waals surface area contributed by atoms with E-state index in [1.165, 1.54) is 12.1 Å². The number of hydrogen-bond acceptors (Lipinski definition) is 4. The highest BCUT2D eigenvalue weighted by Crippen LogP contribution is 2.24. The van der Waals surface area contributed by atoms with E-state index < -0.39 is 29.2 Å². The lowest BCUT2D eigenvalue weighted by Crippen LogP contribution is -2.42. The molecule has 0 bridgehead atoms. The minimum atomic E-state index is -0.745. The molecule has 6 nitrogen and oxygen atoms in total. The largest absolute Gasteiger partial charge is 0.484 e. The second-order valence-corrected chi connectivity index (χ2v) is 6.82. The van der Waals surface area contributed by atoms with Crippen molar-refractivity contribution < 1.29 is 27.9 Å². The number of likely N-dealkylation sites (tertiary alicyclic amines) is 1. The average molecular weight is 402 g/mol. The molecule has 1 aliphatic heterocycles. The van der Waals surface area contributed by atoms with E-state index in [1.807, 2.05) is 0 Å². The summed E-state index contributed by atoms with van der Waals surface area (Å²) in [5, 5.41) is 0. The van der Waals surface area contributed by atoms with Gasteiger partial charge in [0.1, 0.15) is 17.4 Å². The minimum absolute atomic E-state index is 0.187. The normalized spacial score (nSPS) is 14.5. The highest BCUT2D eigenvalue weighted by molar-refractivity contribution is 5.98. The number of carbonyl (C=O) groups is 3. The summed E-state index contributed by atoms with van der Waals surface area (Å²) in [6.45, 7) is 0.472. The summed E-state index contributed by atoms with van der Waals surface area (Å²) in [6, 6.07) is 8.92. The first kappa shape index (κ1) is 20.4. The number of rotatable bonds is 6. The Balaban J connectivity index is 1.51. The van der Waals surface area contributed by atoms with E-state index in [9.17, 15) is 23.2 Å². The van der Waals surface area contributed by atoms with Crippen LogP contribution in [0.15, 0.2) is 42.5 Å². The summed E-state index contributed by atoms with van der Waals surface area (Å²) < 4.78 is 32.6.